The maximum atomic E-state index is 15.2. The normalized spacial score (nSPS) is 22.7. The van der Waals surface area contributed by atoms with E-state index >= 15 is 4.39 Å². The van der Waals surface area contributed by atoms with Gasteiger partial charge in [0.05, 0.1) is 19.5 Å². The maximum absolute atomic E-state index is 15.2. The van der Waals surface area contributed by atoms with Gasteiger partial charge in [-0.05, 0) is 36.2 Å². The van der Waals surface area contributed by atoms with E-state index in [9.17, 15) is 33.3 Å². The Morgan fingerprint density at radius 1 is 1.24 bits per heavy atom. The standard InChI is InChI=1S/C23H24ClF4N5O8/c1-2-38-20(37)22(19(35)36,7-10-3-5-11(6-4-10)41-23(26,27)28)39-8-12-15(34)13(25)18(40-12)33-9-30-14-16(29)31-21(24)32-17(14)33/h3-6,9,12-13,15,18-19,34-36H,2,7-8H2,1H3,(H2,29,31,32)/t12-,13+,15-,18-,22?/m1/s1. The van der Waals surface area contributed by atoms with Crippen LogP contribution in [0, 0.1) is 0 Å². The third-order valence-electron chi connectivity index (χ3n) is 6.16. The van der Waals surface area contributed by atoms with E-state index < -0.39 is 67.6 Å². The van der Waals surface area contributed by atoms with Gasteiger partial charge in [0.25, 0.3) is 0 Å². The van der Waals surface area contributed by atoms with Gasteiger partial charge in [0.2, 0.25) is 10.9 Å². The topological polar surface area (TPSA) is 184 Å². The van der Waals surface area contributed by atoms with Gasteiger partial charge in [0, 0.05) is 6.42 Å². The first-order chi connectivity index (χ1) is 19.3. The van der Waals surface area contributed by atoms with Gasteiger partial charge in [-0.25, -0.2) is 14.2 Å². The summed E-state index contributed by atoms with van der Waals surface area (Å²) in [4.78, 5) is 24.6. The minimum Gasteiger partial charge on any atom is -0.464 e. The van der Waals surface area contributed by atoms with E-state index in [1.54, 1.807) is 0 Å². The predicted molar refractivity (Wildman–Crippen MR) is 130 cm³/mol. The van der Waals surface area contributed by atoms with Gasteiger partial charge in [0.1, 0.15) is 23.5 Å². The van der Waals surface area contributed by atoms with Crippen molar-refractivity contribution in [1.82, 2.24) is 19.5 Å². The molecule has 18 heteroatoms. The molecule has 224 valence electrons. The molecule has 41 heavy (non-hydrogen) atoms. The molecule has 2 aromatic heterocycles. The molecule has 0 saturated carbocycles. The molecule has 3 heterocycles. The van der Waals surface area contributed by atoms with Crippen LogP contribution >= 0.6 is 11.6 Å². The highest BCUT2D eigenvalue weighted by molar-refractivity contribution is 6.28. The molecule has 1 aliphatic rings. The second-order valence-electron chi connectivity index (χ2n) is 8.87. The number of benzene rings is 1. The van der Waals surface area contributed by atoms with Crippen molar-refractivity contribution in [2.24, 2.45) is 0 Å². The summed E-state index contributed by atoms with van der Waals surface area (Å²) in [6.07, 6.45) is -13.8. The Bertz CT molecular complexity index is 1380. The van der Waals surface area contributed by atoms with Crippen molar-refractivity contribution in [3.8, 4) is 5.75 Å². The zero-order chi connectivity index (χ0) is 30.1. The summed E-state index contributed by atoms with van der Waals surface area (Å²) in [5, 5.41) is 30.7. The van der Waals surface area contributed by atoms with Crippen molar-refractivity contribution in [3.63, 3.8) is 0 Å². The number of carbonyl (C=O) groups is 1. The van der Waals surface area contributed by atoms with Crippen LogP contribution in [0.4, 0.5) is 23.4 Å². The number of aliphatic hydroxyl groups excluding tert-OH is 2. The maximum Gasteiger partial charge on any atom is 0.573 e. The first-order valence-corrected chi connectivity index (χ1v) is 12.3. The minimum absolute atomic E-state index is 0.00789. The number of imidazole rings is 1. The average Bonchev–Trinajstić information content (AvgIpc) is 3.42. The van der Waals surface area contributed by atoms with Gasteiger partial charge >= 0.3 is 12.3 Å². The smallest absolute Gasteiger partial charge is 0.464 e. The molecule has 4 rings (SSSR count). The highest BCUT2D eigenvalue weighted by Crippen LogP contribution is 2.36. The largest absolute Gasteiger partial charge is 0.573 e. The van der Waals surface area contributed by atoms with Crippen molar-refractivity contribution in [2.75, 3.05) is 18.9 Å². The molecule has 0 radical (unpaired) electrons. The second kappa shape index (κ2) is 11.9. The first-order valence-electron chi connectivity index (χ1n) is 11.9. The number of halogens is 5. The number of esters is 1. The van der Waals surface area contributed by atoms with Crippen molar-refractivity contribution in [2.45, 2.75) is 56.2 Å². The number of nitrogens with zero attached hydrogens (tertiary/aromatic N) is 4. The summed E-state index contributed by atoms with van der Waals surface area (Å²) >= 11 is 5.85. The molecule has 0 amide bonds. The van der Waals surface area contributed by atoms with Gasteiger partial charge in [-0.2, -0.15) is 9.97 Å². The van der Waals surface area contributed by atoms with Crippen LogP contribution in [0.15, 0.2) is 30.6 Å². The molecule has 13 nitrogen and oxygen atoms in total. The number of hydrogen-bond acceptors (Lipinski definition) is 12. The van der Waals surface area contributed by atoms with Crippen LogP contribution in [0.3, 0.4) is 0 Å². The number of hydrogen-bond donors (Lipinski definition) is 4. The van der Waals surface area contributed by atoms with Gasteiger partial charge in [0.15, 0.2) is 30.2 Å². The second-order valence-corrected chi connectivity index (χ2v) is 9.20. The number of anilines is 1. The Morgan fingerprint density at radius 3 is 2.54 bits per heavy atom. The number of ether oxygens (including phenoxy) is 4. The van der Waals surface area contributed by atoms with Crippen LogP contribution in [-0.4, -0.2) is 90.7 Å². The van der Waals surface area contributed by atoms with E-state index in [2.05, 4.69) is 19.7 Å². The van der Waals surface area contributed by atoms with E-state index in [1.807, 2.05) is 0 Å². The summed E-state index contributed by atoms with van der Waals surface area (Å²) in [7, 11) is 0. The summed E-state index contributed by atoms with van der Waals surface area (Å²) < 4.78 is 73.8. The summed E-state index contributed by atoms with van der Waals surface area (Å²) in [5.74, 6) is -1.88. The van der Waals surface area contributed by atoms with E-state index in [4.69, 9.17) is 31.5 Å². The predicted octanol–water partition coefficient (Wildman–Crippen LogP) is 1.43. The number of nitrogens with two attached hydrogens (primary N) is 1. The molecule has 1 aliphatic heterocycles. The Kier molecular flexibility index (Phi) is 8.86. The lowest BCUT2D eigenvalue weighted by molar-refractivity contribution is -0.274. The highest BCUT2D eigenvalue weighted by Gasteiger charge is 2.51. The zero-order valence-corrected chi connectivity index (χ0v) is 21.8. The Balaban J connectivity index is 1.56. The number of alkyl halides is 4. The third-order valence-corrected chi connectivity index (χ3v) is 6.32. The molecule has 5 N–H and O–H groups in total. The van der Waals surface area contributed by atoms with Crippen LogP contribution in [-0.2, 0) is 25.4 Å². The van der Waals surface area contributed by atoms with Crippen LogP contribution in [0.2, 0.25) is 5.28 Å². The van der Waals surface area contributed by atoms with Gasteiger partial charge in [-0.3, -0.25) is 4.57 Å². The van der Waals surface area contributed by atoms with Gasteiger partial charge in [-0.1, -0.05) is 12.1 Å². The Hall–Kier alpha value is -3.35. The number of nitrogen functional groups attached to an aromatic ring is 1. The van der Waals surface area contributed by atoms with Crippen LogP contribution in [0.25, 0.3) is 11.2 Å². The van der Waals surface area contributed by atoms with E-state index in [-0.39, 0.29) is 34.4 Å². The zero-order valence-electron chi connectivity index (χ0n) is 21.0. The Labute approximate surface area is 233 Å². The quantitative estimate of drug-likeness (QED) is 0.112. The molecular weight excluding hydrogens is 586 g/mol. The number of carbonyl (C=O) groups excluding carboxylic acids is 1. The molecular formula is C23H24ClF4N5O8. The SMILES string of the molecule is CCOC(=O)C(Cc1ccc(OC(F)(F)F)cc1)(OC[C@H]1O[C@@H](n2cnc3c(N)nc(Cl)nc32)[C@@H](F)[C@@H]1O)C(O)O. The molecule has 5 atom stereocenters. The number of rotatable bonds is 10. The number of fused-ring (bicyclic) bond motifs is 1. The van der Waals surface area contributed by atoms with E-state index in [1.165, 1.54) is 6.92 Å². The van der Waals surface area contributed by atoms with Gasteiger partial charge in [-0.15, -0.1) is 13.2 Å². The molecule has 3 aromatic rings. The lowest BCUT2D eigenvalue weighted by atomic mass is 9.93. The fourth-order valence-electron chi connectivity index (χ4n) is 4.21. The van der Waals surface area contributed by atoms with Crippen molar-refractivity contribution < 1.29 is 56.6 Å². The van der Waals surface area contributed by atoms with E-state index in [0.29, 0.717) is 0 Å². The highest BCUT2D eigenvalue weighted by atomic mass is 35.5. The molecule has 0 spiro atoms. The number of aromatic nitrogens is 4. The Morgan fingerprint density at radius 2 is 1.93 bits per heavy atom. The molecule has 1 unspecified atom stereocenters. The van der Waals surface area contributed by atoms with E-state index in [0.717, 1.165) is 35.2 Å². The van der Waals surface area contributed by atoms with Crippen molar-refractivity contribution in [3.05, 3.63) is 41.4 Å². The lowest BCUT2D eigenvalue weighted by Crippen LogP contribution is -2.56. The summed E-state index contributed by atoms with van der Waals surface area (Å²) in [6.45, 7) is 0.484. The number of aliphatic hydroxyl groups is 3. The van der Waals surface area contributed by atoms with Crippen molar-refractivity contribution in [1.29, 1.82) is 0 Å². The molecule has 1 fully saturated rings. The van der Waals surface area contributed by atoms with Crippen molar-refractivity contribution >= 4 is 34.6 Å². The summed E-state index contributed by atoms with van der Waals surface area (Å²) in [6, 6.07) is 4.17. The third kappa shape index (κ3) is 6.44. The minimum atomic E-state index is -4.94. The monoisotopic (exact) mass is 609 g/mol. The summed E-state index contributed by atoms with van der Waals surface area (Å²) in [5.41, 5.74) is 3.44. The van der Waals surface area contributed by atoms with Crippen LogP contribution in [0.1, 0.15) is 18.7 Å². The molecule has 0 aliphatic carbocycles. The molecule has 1 aromatic carbocycles. The van der Waals surface area contributed by atoms with Crippen LogP contribution < -0.4 is 10.5 Å². The molecule has 1 saturated heterocycles. The van der Waals surface area contributed by atoms with Crippen LogP contribution in [0.5, 0.6) is 5.75 Å². The lowest BCUT2D eigenvalue weighted by Gasteiger charge is -2.34. The molecule has 0 bridgehead atoms. The fourth-order valence-corrected chi connectivity index (χ4v) is 4.38. The average molecular weight is 610 g/mol. The van der Waals surface area contributed by atoms with Gasteiger partial charge < -0.3 is 40.0 Å². The first kappa shape index (κ1) is 30.6. The fraction of sp³-hybridized carbons (Fsp3) is 0.478.